The van der Waals surface area contributed by atoms with Crippen molar-refractivity contribution in [3.63, 3.8) is 0 Å². The largest absolute Gasteiger partial charge is 0.478 e. The first-order valence-corrected chi connectivity index (χ1v) is 6.19. The van der Waals surface area contributed by atoms with E-state index in [1.54, 1.807) is 12.1 Å². The van der Waals surface area contributed by atoms with Gasteiger partial charge in [0.2, 0.25) is 0 Å². The minimum Gasteiger partial charge on any atom is -0.478 e. The van der Waals surface area contributed by atoms with Crippen molar-refractivity contribution in [3.05, 3.63) is 29.8 Å². The number of carboxylic acid groups (broad SMARTS) is 1. The van der Waals surface area contributed by atoms with E-state index in [-0.39, 0.29) is 0 Å². The molecule has 1 aromatic carbocycles. The molecule has 1 aliphatic rings. The second-order valence-corrected chi connectivity index (χ2v) is 5.00. The van der Waals surface area contributed by atoms with Crippen molar-refractivity contribution in [1.82, 2.24) is 0 Å². The third kappa shape index (κ3) is 2.43. The van der Waals surface area contributed by atoms with E-state index in [4.69, 9.17) is 5.11 Å². The molecule has 0 saturated carbocycles. The molecule has 1 aromatic rings. The van der Waals surface area contributed by atoms with Crippen LogP contribution in [0.4, 0.5) is 5.69 Å². The first-order valence-electron chi connectivity index (χ1n) is 6.19. The number of rotatable bonds is 3. The van der Waals surface area contributed by atoms with Crippen molar-refractivity contribution in [2.45, 2.75) is 32.7 Å². The quantitative estimate of drug-likeness (QED) is 0.872. The Balaban J connectivity index is 2.27. The molecule has 17 heavy (non-hydrogen) atoms. The van der Waals surface area contributed by atoms with Gasteiger partial charge in [-0.3, -0.25) is 0 Å². The first-order chi connectivity index (χ1) is 8.09. The average Bonchev–Trinajstić information content (AvgIpc) is 2.78. The third-order valence-corrected chi connectivity index (χ3v) is 3.49. The zero-order valence-corrected chi connectivity index (χ0v) is 10.4. The summed E-state index contributed by atoms with van der Waals surface area (Å²) >= 11 is 0. The second-order valence-electron chi connectivity index (χ2n) is 5.00. The second kappa shape index (κ2) is 4.78. The highest BCUT2D eigenvalue weighted by atomic mass is 16.4. The molecule has 1 unspecified atom stereocenters. The number of anilines is 1. The SMILES string of the molecule is CC(C)C1CCCN1c1cccc(C(=O)O)c1. The van der Waals surface area contributed by atoms with Crippen LogP contribution < -0.4 is 4.90 Å². The third-order valence-electron chi connectivity index (χ3n) is 3.49. The number of hydrogen-bond donors (Lipinski definition) is 1. The van der Waals surface area contributed by atoms with Crippen molar-refractivity contribution in [2.75, 3.05) is 11.4 Å². The summed E-state index contributed by atoms with van der Waals surface area (Å²) in [6.45, 7) is 5.49. The highest BCUT2D eigenvalue weighted by Crippen LogP contribution is 2.30. The molecule has 0 radical (unpaired) electrons. The average molecular weight is 233 g/mol. The molecule has 0 aromatic heterocycles. The molecule has 1 heterocycles. The Morgan fingerprint density at radius 2 is 2.24 bits per heavy atom. The molecule has 2 rings (SSSR count). The Morgan fingerprint density at radius 1 is 1.47 bits per heavy atom. The fraction of sp³-hybridized carbons (Fsp3) is 0.500. The predicted molar refractivity (Wildman–Crippen MR) is 68.6 cm³/mol. The maximum absolute atomic E-state index is 11.0. The summed E-state index contributed by atoms with van der Waals surface area (Å²) in [5.41, 5.74) is 1.41. The van der Waals surface area contributed by atoms with Gasteiger partial charge >= 0.3 is 5.97 Å². The van der Waals surface area contributed by atoms with Gasteiger partial charge in [0, 0.05) is 18.3 Å². The number of carboxylic acids is 1. The lowest BCUT2D eigenvalue weighted by atomic mass is 10.0. The molecule has 0 amide bonds. The number of aromatic carboxylic acids is 1. The van der Waals surface area contributed by atoms with Gasteiger partial charge in [-0.2, -0.15) is 0 Å². The fourth-order valence-corrected chi connectivity index (χ4v) is 2.62. The molecule has 1 N–H and O–H groups in total. The van der Waals surface area contributed by atoms with E-state index in [2.05, 4.69) is 18.7 Å². The van der Waals surface area contributed by atoms with Gasteiger partial charge in [-0.1, -0.05) is 19.9 Å². The molecule has 92 valence electrons. The molecule has 1 atom stereocenters. The van der Waals surface area contributed by atoms with Crippen molar-refractivity contribution < 1.29 is 9.90 Å². The van der Waals surface area contributed by atoms with Crippen LogP contribution in [0.15, 0.2) is 24.3 Å². The molecule has 1 aliphatic heterocycles. The van der Waals surface area contributed by atoms with E-state index in [1.165, 1.54) is 12.8 Å². The van der Waals surface area contributed by atoms with E-state index >= 15 is 0 Å². The smallest absolute Gasteiger partial charge is 0.335 e. The monoisotopic (exact) mass is 233 g/mol. The summed E-state index contributed by atoms with van der Waals surface area (Å²) in [6.07, 6.45) is 2.40. The van der Waals surface area contributed by atoms with Crippen LogP contribution in [0.3, 0.4) is 0 Å². The number of hydrogen-bond acceptors (Lipinski definition) is 2. The van der Waals surface area contributed by atoms with Gasteiger partial charge in [0.25, 0.3) is 0 Å². The van der Waals surface area contributed by atoms with Crippen LogP contribution in [0.1, 0.15) is 37.0 Å². The van der Waals surface area contributed by atoms with Gasteiger partial charge in [-0.15, -0.1) is 0 Å². The maximum Gasteiger partial charge on any atom is 0.335 e. The summed E-state index contributed by atoms with van der Waals surface area (Å²) in [5.74, 6) is -0.252. The summed E-state index contributed by atoms with van der Waals surface area (Å²) < 4.78 is 0. The molecule has 1 saturated heterocycles. The van der Waals surface area contributed by atoms with Crippen LogP contribution in [0, 0.1) is 5.92 Å². The lowest BCUT2D eigenvalue weighted by Crippen LogP contribution is -2.33. The predicted octanol–water partition coefficient (Wildman–Crippen LogP) is 3.01. The van der Waals surface area contributed by atoms with Crippen molar-refractivity contribution in [2.24, 2.45) is 5.92 Å². The zero-order valence-electron chi connectivity index (χ0n) is 10.4. The summed E-state index contributed by atoms with van der Waals surface area (Å²) in [6, 6.07) is 7.80. The van der Waals surface area contributed by atoms with E-state index in [1.807, 2.05) is 12.1 Å². The fourth-order valence-electron chi connectivity index (χ4n) is 2.62. The topological polar surface area (TPSA) is 40.5 Å². The molecular formula is C14H19NO2. The first kappa shape index (κ1) is 12.0. The van der Waals surface area contributed by atoms with E-state index in [9.17, 15) is 4.79 Å². The van der Waals surface area contributed by atoms with Crippen molar-refractivity contribution in [1.29, 1.82) is 0 Å². The molecule has 0 spiro atoms. The zero-order chi connectivity index (χ0) is 12.4. The lowest BCUT2D eigenvalue weighted by molar-refractivity contribution is 0.0697. The van der Waals surface area contributed by atoms with Crippen LogP contribution >= 0.6 is 0 Å². The Labute approximate surface area is 102 Å². The minimum absolute atomic E-state index is 0.372. The lowest BCUT2D eigenvalue weighted by Gasteiger charge is -2.29. The number of benzene rings is 1. The minimum atomic E-state index is -0.854. The molecular weight excluding hydrogens is 214 g/mol. The number of nitrogens with zero attached hydrogens (tertiary/aromatic N) is 1. The van der Waals surface area contributed by atoms with Gasteiger partial charge < -0.3 is 10.0 Å². The maximum atomic E-state index is 11.0. The summed E-state index contributed by atoms with van der Waals surface area (Å²) in [5, 5.41) is 9.01. The van der Waals surface area contributed by atoms with Gasteiger partial charge in [-0.05, 0) is 37.0 Å². The van der Waals surface area contributed by atoms with E-state index < -0.39 is 5.97 Å². The summed E-state index contributed by atoms with van der Waals surface area (Å²) in [4.78, 5) is 13.3. The van der Waals surface area contributed by atoms with Crippen molar-refractivity contribution >= 4 is 11.7 Å². The Bertz CT molecular complexity index is 414. The van der Waals surface area contributed by atoms with Gasteiger partial charge in [0.1, 0.15) is 0 Å². The van der Waals surface area contributed by atoms with Gasteiger partial charge in [-0.25, -0.2) is 4.79 Å². The van der Waals surface area contributed by atoms with Crippen LogP contribution in [-0.4, -0.2) is 23.7 Å². The van der Waals surface area contributed by atoms with Gasteiger partial charge in [0.05, 0.1) is 5.56 Å². The summed E-state index contributed by atoms with van der Waals surface area (Å²) in [7, 11) is 0. The Kier molecular flexibility index (Phi) is 3.36. The molecule has 3 nitrogen and oxygen atoms in total. The van der Waals surface area contributed by atoms with Crippen LogP contribution in [0.5, 0.6) is 0 Å². The Morgan fingerprint density at radius 3 is 2.88 bits per heavy atom. The van der Waals surface area contributed by atoms with E-state index in [0.717, 1.165) is 12.2 Å². The normalized spacial score (nSPS) is 19.9. The van der Waals surface area contributed by atoms with Crippen LogP contribution in [0.25, 0.3) is 0 Å². The number of carbonyl (C=O) groups is 1. The van der Waals surface area contributed by atoms with Crippen LogP contribution in [0.2, 0.25) is 0 Å². The Hall–Kier alpha value is -1.51. The highest BCUT2D eigenvalue weighted by molar-refractivity contribution is 5.88. The van der Waals surface area contributed by atoms with E-state index in [0.29, 0.717) is 17.5 Å². The highest BCUT2D eigenvalue weighted by Gasteiger charge is 2.27. The molecule has 1 fully saturated rings. The van der Waals surface area contributed by atoms with Gasteiger partial charge in [0.15, 0.2) is 0 Å². The van der Waals surface area contributed by atoms with Crippen molar-refractivity contribution in [3.8, 4) is 0 Å². The van der Waals surface area contributed by atoms with Crippen LogP contribution in [-0.2, 0) is 0 Å². The molecule has 0 aliphatic carbocycles. The molecule has 3 heteroatoms. The molecule has 0 bridgehead atoms. The standard InChI is InChI=1S/C14H19NO2/c1-10(2)13-7-4-8-15(13)12-6-3-5-11(9-12)14(16)17/h3,5-6,9-10,13H,4,7-8H2,1-2H3,(H,16,17).